The maximum atomic E-state index is 13.0. The summed E-state index contributed by atoms with van der Waals surface area (Å²) in [6.45, 7) is 4.90. The summed E-state index contributed by atoms with van der Waals surface area (Å²) < 4.78 is 13.0. The predicted octanol–water partition coefficient (Wildman–Crippen LogP) is 2.16. The van der Waals surface area contributed by atoms with Gasteiger partial charge in [0.1, 0.15) is 5.82 Å². The van der Waals surface area contributed by atoms with Gasteiger partial charge in [-0.1, -0.05) is 12.1 Å². The number of hydroxylamine groups is 3. The minimum atomic E-state index is -0.195. The molecule has 0 aromatic heterocycles. The average molecular weight is 387 g/mol. The van der Waals surface area contributed by atoms with E-state index in [1.54, 1.807) is 0 Å². The van der Waals surface area contributed by atoms with Gasteiger partial charge in [-0.05, 0) is 43.4 Å². The fourth-order valence-electron chi connectivity index (χ4n) is 6.52. The summed E-state index contributed by atoms with van der Waals surface area (Å²) >= 11 is 0. The maximum Gasteiger partial charge on any atom is 0.224 e. The summed E-state index contributed by atoms with van der Waals surface area (Å²) in [5.74, 6) is 1.20. The van der Waals surface area contributed by atoms with E-state index in [9.17, 15) is 14.4 Å². The molecule has 5 aliphatic rings. The van der Waals surface area contributed by atoms with Crippen LogP contribution in [0.4, 0.5) is 4.39 Å². The molecular formula is C22H30FN3O2. The summed E-state index contributed by atoms with van der Waals surface area (Å²) in [6.07, 6.45) is 4.04. The van der Waals surface area contributed by atoms with Crippen LogP contribution < -0.4 is 5.32 Å². The van der Waals surface area contributed by atoms with Crippen LogP contribution in [0.3, 0.4) is 0 Å². The van der Waals surface area contributed by atoms with Gasteiger partial charge in [-0.15, -0.1) is 0 Å². The van der Waals surface area contributed by atoms with Crippen LogP contribution in [-0.2, 0) is 11.2 Å². The normalized spacial score (nSPS) is 39.4. The first kappa shape index (κ1) is 18.5. The maximum absolute atomic E-state index is 13.0. The molecule has 152 valence electrons. The molecule has 0 spiro atoms. The van der Waals surface area contributed by atoms with E-state index < -0.39 is 0 Å². The zero-order valence-electron chi connectivity index (χ0n) is 16.4. The molecule has 0 radical (unpaired) electrons. The molecule has 1 amide bonds. The lowest BCUT2D eigenvalue weighted by molar-refractivity contribution is -0.911. The molecule has 5 nitrogen and oxygen atoms in total. The molecule has 5 fully saturated rings. The van der Waals surface area contributed by atoms with Crippen LogP contribution in [0, 0.1) is 34.7 Å². The average Bonchev–Trinajstić information content (AvgIpc) is 3.07. The van der Waals surface area contributed by atoms with Crippen LogP contribution in [0.15, 0.2) is 24.3 Å². The Morgan fingerprint density at radius 1 is 1.18 bits per heavy atom. The molecule has 2 unspecified atom stereocenters. The van der Waals surface area contributed by atoms with Gasteiger partial charge in [0.2, 0.25) is 5.91 Å². The fraction of sp³-hybridized carbons (Fsp3) is 0.682. The smallest absolute Gasteiger partial charge is 0.224 e. The highest BCUT2D eigenvalue weighted by Gasteiger charge is 2.55. The summed E-state index contributed by atoms with van der Waals surface area (Å²) in [5.41, 5.74) is 1.15. The van der Waals surface area contributed by atoms with Crippen LogP contribution in [0.2, 0.25) is 0 Å². The van der Waals surface area contributed by atoms with Crippen LogP contribution in [-0.4, -0.2) is 60.8 Å². The molecule has 1 aromatic carbocycles. The van der Waals surface area contributed by atoms with Crippen molar-refractivity contribution < 1.29 is 13.8 Å². The van der Waals surface area contributed by atoms with Gasteiger partial charge in [-0.3, -0.25) is 4.79 Å². The molecule has 1 aromatic rings. The van der Waals surface area contributed by atoms with Crippen molar-refractivity contribution in [3.05, 3.63) is 40.9 Å². The van der Waals surface area contributed by atoms with Crippen molar-refractivity contribution in [3.8, 4) is 0 Å². The lowest BCUT2D eigenvalue weighted by Gasteiger charge is -2.62. The highest BCUT2D eigenvalue weighted by molar-refractivity contribution is 5.80. The van der Waals surface area contributed by atoms with Crippen molar-refractivity contribution in [2.24, 2.45) is 23.7 Å². The van der Waals surface area contributed by atoms with E-state index in [4.69, 9.17) is 0 Å². The van der Waals surface area contributed by atoms with E-state index in [1.807, 2.05) is 12.1 Å². The van der Waals surface area contributed by atoms with E-state index in [0.29, 0.717) is 30.8 Å². The summed E-state index contributed by atoms with van der Waals surface area (Å²) in [7, 11) is 0. The van der Waals surface area contributed by atoms with Crippen molar-refractivity contribution in [3.63, 3.8) is 0 Å². The summed E-state index contributed by atoms with van der Waals surface area (Å²) in [6, 6.07) is 6.93. The van der Waals surface area contributed by atoms with Gasteiger partial charge < -0.3 is 20.1 Å². The van der Waals surface area contributed by atoms with Gasteiger partial charge >= 0.3 is 0 Å². The number of carbonyl (C=O) groups excluding carboxylic acids is 1. The standard InChI is InChI=1S/C22H30FN3O2/c23-19-3-1-15(2-4-19)5-7-25-8-6-20(11-25)24-22(27)21-17-9-16-10-18(21)14-26(28,12-16)13-17/h1-4,16-18,20-21H,5-14H2,(H,24,27)/t16?,17?,18?,20-,21?,26?/m0/s1. The molecule has 28 heavy (non-hydrogen) atoms. The van der Waals surface area contributed by atoms with Gasteiger partial charge in [0, 0.05) is 43.4 Å². The number of nitrogens with zero attached hydrogens (tertiary/aromatic N) is 2. The van der Waals surface area contributed by atoms with E-state index >= 15 is 0 Å². The first-order valence-electron chi connectivity index (χ1n) is 10.8. The second-order valence-electron chi connectivity index (χ2n) is 9.66. The Morgan fingerprint density at radius 2 is 1.89 bits per heavy atom. The number of carbonyl (C=O) groups is 1. The van der Waals surface area contributed by atoms with E-state index in [0.717, 1.165) is 57.4 Å². The van der Waals surface area contributed by atoms with Crippen LogP contribution in [0.25, 0.3) is 0 Å². The Labute approximate surface area is 166 Å². The van der Waals surface area contributed by atoms with Crippen molar-refractivity contribution in [2.45, 2.75) is 31.7 Å². The number of benzene rings is 1. The Kier molecular flexibility index (Phi) is 4.68. The Bertz CT molecular complexity index is 724. The molecule has 4 aliphatic heterocycles. The third kappa shape index (κ3) is 3.58. The summed E-state index contributed by atoms with van der Waals surface area (Å²) in [5, 5.41) is 16.1. The highest BCUT2D eigenvalue weighted by atomic mass is 19.1. The Morgan fingerprint density at radius 3 is 2.57 bits per heavy atom. The van der Waals surface area contributed by atoms with E-state index in [1.165, 1.54) is 12.1 Å². The number of piperidine rings is 3. The quantitative estimate of drug-likeness (QED) is 0.622. The van der Waals surface area contributed by atoms with Crippen LogP contribution in [0.1, 0.15) is 24.8 Å². The molecular weight excluding hydrogens is 357 g/mol. The number of hydrogen-bond acceptors (Lipinski definition) is 3. The monoisotopic (exact) mass is 387 g/mol. The van der Waals surface area contributed by atoms with Crippen LogP contribution in [0.5, 0.6) is 0 Å². The summed E-state index contributed by atoms with van der Waals surface area (Å²) in [4.78, 5) is 15.4. The molecule has 3 atom stereocenters. The second-order valence-corrected chi connectivity index (χ2v) is 9.66. The number of amides is 1. The van der Waals surface area contributed by atoms with Gasteiger partial charge in [0.05, 0.1) is 25.6 Å². The Balaban J connectivity index is 1.12. The largest absolute Gasteiger partial charge is 0.633 e. The number of hydrogen-bond donors (Lipinski definition) is 1. The van der Waals surface area contributed by atoms with Crippen molar-refractivity contribution in [2.75, 3.05) is 39.3 Å². The van der Waals surface area contributed by atoms with E-state index in [2.05, 4.69) is 10.2 Å². The first-order chi connectivity index (χ1) is 13.5. The number of rotatable bonds is 5. The minimum Gasteiger partial charge on any atom is -0.633 e. The van der Waals surface area contributed by atoms with E-state index in [-0.39, 0.29) is 28.3 Å². The van der Waals surface area contributed by atoms with Gasteiger partial charge in [0.25, 0.3) is 0 Å². The number of nitrogens with one attached hydrogen (secondary N) is 1. The van der Waals surface area contributed by atoms with Crippen LogP contribution >= 0.6 is 0 Å². The molecule has 1 N–H and O–H groups in total. The SMILES string of the molecule is O=C(N[C@H]1CCN(CCc2ccc(F)cc2)C1)C1C2CC3CC1C[N+]([O-])(C3)C2. The zero-order chi connectivity index (χ0) is 19.3. The molecule has 6 rings (SSSR count). The minimum absolute atomic E-state index is 0.0373. The van der Waals surface area contributed by atoms with Gasteiger partial charge in [-0.2, -0.15) is 0 Å². The van der Waals surface area contributed by atoms with Gasteiger partial charge in [-0.25, -0.2) is 4.39 Å². The second kappa shape index (κ2) is 7.08. The number of likely N-dealkylation sites (tertiary alicyclic amines) is 1. The lowest BCUT2D eigenvalue weighted by Crippen LogP contribution is -2.68. The molecule has 4 heterocycles. The van der Waals surface area contributed by atoms with Crippen molar-refractivity contribution >= 4 is 5.91 Å². The number of halogens is 1. The van der Waals surface area contributed by atoms with Gasteiger partial charge in [0.15, 0.2) is 0 Å². The molecule has 1 saturated carbocycles. The third-order valence-corrected chi connectivity index (χ3v) is 7.56. The first-order valence-corrected chi connectivity index (χ1v) is 10.8. The molecule has 4 saturated heterocycles. The predicted molar refractivity (Wildman–Crippen MR) is 105 cm³/mol. The molecule has 6 heteroatoms. The fourth-order valence-corrected chi connectivity index (χ4v) is 6.52. The number of quaternary nitrogens is 1. The third-order valence-electron chi connectivity index (χ3n) is 7.56. The van der Waals surface area contributed by atoms with Crippen molar-refractivity contribution in [1.29, 1.82) is 0 Å². The zero-order valence-corrected chi connectivity index (χ0v) is 16.4. The Hall–Kier alpha value is -1.50. The molecule has 4 bridgehead atoms. The lowest BCUT2D eigenvalue weighted by atomic mass is 9.61. The topological polar surface area (TPSA) is 55.4 Å². The highest BCUT2D eigenvalue weighted by Crippen LogP contribution is 2.50. The molecule has 1 aliphatic carbocycles. The van der Waals surface area contributed by atoms with Crippen molar-refractivity contribution in [1.82, 2.24) is 10.2 Å².